The maximum Gasteiger partial charge on any atom is 0.140 e. The summed E-state index contributed by atoms with van der Waals surface area (Å²) in [6.45, 7) is 3.83. The Kier molecular flexibility index (Phi) is 3.33. The third-order valence-electron chi connectivity index (χ3n) is 2.83. The van der Waals surface area contributed by atoms with Gasteiger partial charge in [-0.1, -0.05) is 17.7 Å². The highest BCUT2D eigenvalue weighted by molar-refractivity contribution is 6.31. The molecule has 1 unspecified atom stereocenters. The maximum atomic E-state index is 9.08. The van der Waals surface area contributed by atoms with Gasteiger partial charge >= 0.3 is 0 Å². The molecule has 0 radical (unpaired) electrons. The molecular formula is C12H13ClN2O. The smallest absolute Gasteiger partial charge is 0.140 e. The SMILES string of the molecule is Cc1c(Cl)cccc1N1CCOCC1C#N. The number of nitriles is 1. The zero-order chi connectivity index (χ0) is 11.5. The Labute approximate surface area is 100 Å². The lowest BCUT2D eigenvalue weighted by molar-refractivity contribution is 0.107. The quantitative estimate of drug-likeness (QED) is 0.751. The van der Waals surface area contributed by atoms with Gasteiger partial charge in [-0.2, -0.15) is 5.26 Å². The van der Waals surface area contributed by atoms with Crippen molar-refractivity contribution in [1.29, 1.82) is 5.26 Å². The molecule has 84 valence electrons. The van der Waals surface area contributed by atoms with Crippen molar-refractivity contribution in [3.05, 3.63) is 28.8 Å². The van der Waals surface area contributed by atoms with Gasteiger partial charge in [0.15, 0.2) is 0 Å². The predicted molar refractivity (Wildman–Crippen MR) is 63.8 cm³/mol. The minimum Gasteiger partial charge on any atom is -0.376 e. The first-order valence-corrected chi connectivity index (χ1v) is 5.61. The number of morpholine rings is 1. The van der Waals surface area contributed by atoms with Crippen molar-refractivity contribution in [3.8, 4) is 6.07 Å². The number of anilines is 1. The van der Waals surface area contributed by atoms with Crippen molar-refractivity contribution < 1.29 is 4.74 Å². The molecule has 0 bridgehead atoms. The first-order chi connectivity index (χ1) is 7.74. The lowest BCUT2D eigenvalue weighted by Crippen LogP contribution is -2.45. The van der Waals surface area contributed by atoms with Crippen LogP contribution in [0.25, 0.3) is 0 Å². The highest BCUT2D eigenvalue weighted by Crippen LogP contribution is 2.28. The highest BCUT2D eigenvalue weighted by atomic mass is 35.5. The molecule has 0 aromatic heterocycles. The molecule has 16 heavy (non-hydrogen) atoms. The summed E-state index contributed by atoms with van der Waals surface area (Å²) in [4.78, 5) is 2.06. The van der Waals surface area contributed by atoms with E-state index in [1.165, 1.54) is 0 Å². The zero-order valence-electron chi connectivity index (χ0n) is 9.11. The second-order valence-electron chi connectivity index (χ2n) is 3.80. The topological polar surface area (TPSA) is 36.3 Å². The average Bonchev–Trinajstić information content (AvgIpc) is 2.33. The van der Waals surface area contributed by atoms with Crippen LogP contribution >= 0.6 is 11.6 Å². The van der Waals surface area contributed by atoms with E-state index in [2.05, 4.69) is 11.0 Å². The standard InChI is InChI=1S/C12H13ClN2O/c1-9-11(13)3-2-4-12(9)15-5-6-16-8-10(15)7-14/h2-4,10H,5-6,8H2,1H3. The first kappa shape index (κ1) is 11.3. The van der Waals surface area contributed by atoms with Crippen LogP contribution in [-0.4, -0.2) is 25.8 Å². The van der Waals surface area contributed by atoms with Crippen LogP contribution in [0.1, 0.15) is 5.56 Å². The second kappa shape index (κ2) is 4.73. The van der Waals surface area contributed by atoms with Crippen LogP contribution in [0.3, 0.4) is 0 Å². The Morgan fingerprint density at radius 2 is 2.38 bits per heavy atom. The Hall–Kier alpha value is -1.24. The Bertz CT molecular complexity index is 428. The molecule has 0 amide bonds. The third-order valence-corrected chi connectivity index (χ3v) is 3.24. The summed E-state index contributed by atoms with van der Waals surface area (Å²) < 4.78 is 5.30. The number of rotatable bonds is 1. The molecule has 1 aromatic rings. The molecule has 0 saturated carbocycles. The summed E-state index contributed by atoms with van der Waals surface area (Å²) in [5.41, 5.74) is 2.05. The van der Waals surface area contributed by atoms with E-state index in [4.69, 9.17) is 21.6 Å². The normalized spacial score (nSPS) is 20.6. The third kappa shape index (κ3) is 1.99. The first-order valence-electron chi connectivity index (χ1n) is 5.23. The van der Waals surface area contributed by atoms with Crippen molar-refractivity contribution in [2.24, 2.45) is 0 Å². The molecule has 4 heteroatoms. The van der Waals surface area contributed by atoms with Gasteiger partial charge in [-0.3, -0.25) is 0 Å². The summed E-state index contributed by atoms with van der Waals surface area (Å²) in [6, 6.07) is 7.81. The van der Waals surface area contributed by atoms with Crippen molar-refractivity contribution in [2.45, 2.75) is 13.0 Å². The van der Waals surface area contributed by atoms with E-state index in [1.54, 1.807) is 0 Å². The van der Waals surface area contributed by atoms with Crippen molar-refractivity contribution in [1.82, 2.24) is 0 Å². The Balaban J connectivity index is 2.35. The van der Waals surface area contributed by atoms with E-state index in [9.17, 15) is 0 Å². The molecule has 1 saturated heterocycles. The van der Waals surface area contributed by atoms with Gasteiger partial charge in [-0.15, -0.1) is 0 Å². The molecule has 1 atom stereocenters. The monoisotopic (exact) mass is 236 g/mol. The minimum atomic E-state index is -0.217. The summed E-state index contributed by atoms with van der Waals surface area (Å²) in [5.74, 6) is 0. The molecule has 1 heterocycles. The van der Waals surface area contributed by atoms with Crippen LogP contribution in [0.5, 0.6) is 0 Å². The molecule has 2 rings (SSSR count). The van der Waals surface area contributed by atoms with Gasteiger partial charge in [-0.25, -0.2) is 0 Å². The second-order valence-corrected chi connectivity index (χ2v) is 4.20. The maximum absolute atomic E-state index is 9.08. The van der Waals surface area contributed by atoms with E-state index in [1.807, 2.05) is 25.1 Å². The molecule has 0 aliphatic carbocycles. The summed E-state index contributed by atoms with van der Waals surface area (Å²) >= 11 is 6.08. The van der Waals surface area contributed by atoms with E-state index in [0.717, 1.165) is 22.8 Å². The molecule has 1 fully saturated rings. The van der Waals surface area contributed by atoms with Gasteiger partial charge in [0.1, 0.15) is 6.04 Å². The van der Waals surface area contributed by atoms with Crippen molar-refractivity contribution in [2.75, 3.05) is 24.7 Å². The molecule has 3 nitrogen and oxygen atoms in total. The van der Waals surface area contributed by atoms with Crippen molar-refractivity contribution >= 4 is 17.3 Å². The molecule has 1 aromatic carbocycles. The number of halogens is 1. The Morgan fingerprint density at radius 3 is 3.12 bits per heavy atom. The average molecular weight is 237 g/mol. The highest BCUT2D eigenvalue weighted by Gasteiger charge is 2.24. The van der Waals surface area contributed by atoms with Crippen molar-refractivity contribution in [3.63, 3.8) is 0 Å². The molecule has 0 spiro atoms. The van der Waals surface area contributed by atoms with Gasteiger partial charge in [0.05, 0.1) is 19.3 Å². The molecule has 1 aliphatic rings. The van der Waals surface area contributed by atoms with Gasteiger partial charge < -0.3 is 9.64 Å². The summed E-state index contributed by atoms with van der Waals surface area (Å²) in [5, 5.41) is 9.82. The van der Waals surface area contributed by atoms with Gasteiger partial charge in [-0.05, 0) is 24.6 Å². The summed E-state index contributed by atoms with van der Waals surface area (Å²) in [7, 11) is 0. The summed E-state index contributed by atoms with van der Waals surface area (Å²) in [6.07, 6.45) is 0. The van der Waals surface area contributed by atoms with Crippen LogP contribution in [-0.2, 0) is 4.74 Å². The van der Waals surface area contributed by atoms with Crippen LogP contribution < -0.4 is 4.90 Å². The van der Waals surface area contributed by atoms with Crippen LogP contribution in [0.2, 0.25) is 5.02 Å². The van der Waals surface area contributed by atoms with Gasteiger partial charge in [0.25, 0.3) is 0 Å². The van der Waals surface area contributed by atoms with E-state index >= 15 is 0 Å². The number of benzene rings is 1. The fourth-order valence-corrected chi connectivity index (χ4v) is 2.08. The fourth-order valence-electron chi connectivity index (χ4n) is 1.91. The molecular weight excluding hydrogens is 224 g/mol. The van der Waals surface area contributed by atoms with Gasteiger partial charge in [0, 0.05) is 17.3 Å². The van der Waals surface area contributed by atoms with E-state index < -0.39 is 0 Å². The lowest BCUT2D eigenvalue weighted by Gasteiger charge is -2.34. The minimum absolute atomic E-state index is 0.217. The zero-order valence-corrected chi connectivity index (χ0v) is 9.87. The molecule has 0 N–H and O–H groups in total. The van der Waals surface area contributed by atoms with Crippen LogP contribution in [0.15, 0.2) is 18.2 Å². The number of hydrogen-bond donors (Lipinski definition) is 0. The number of hydrogen-bond acceptors (Lipinski definition) is 3. The number of nitrogens with zero attached hydrogens (tertiary/aromatic N) is 2. The Morgan fingerprint density at radius 1 is 1.56 bits per heavy atom. The van der Waals surface area contributed by atoms with E-state index in [-0.39, 0.29) is 6.04 Å². The predicted octanol–water partition coefficient (Wildman–Crippen LogP) is 2.38. The van der Waals surface area contributed by atoms with Gasteiger partial charge in [0.2, 0.25) is 0 Å². The van der Waals surface area contributed by atoms with Crippen LogP contribution in [0.4, 0.5) is 5.69 Å². The lowest BCUT2D eigenvalue weighted by atomic mass is 10.1. The fraction of sp³-hybridized carbons (Fsp3) is 0.417. The van der Waals surface area contributed by atoms with Crippen LogP contribution in [0, 0.1) is 18.3 Å². The number of ether oxygens (including phenoxy) is 1. The van der Waals surface area contributed by atoms with E-state index in [0.29, 0.717) is 13.2 Å². The largest absolute Gasteiger partial charge is 0.376 e. The molecule has 1 aliphatic heterocycles.